The summed E-state index contributed by atoms with van der Waals surface area (Å²) >= 11 is 0. The summed E-state index contributed by atoms with van der Waals surface area (Å²) in [5.74, 6) is -0.701. The van der Waals surface area contributed by atoms with Crippen LogP contribution in [-0.4, -0.2) is 56.2 Å². The minimum atomic E-state index is -3.58. The number of nitrogens with zero attached hydrogens (tertiary/aromatic N) is 1. The van der Waals surface area contributed by atoms with Crippen molar-refractivity contribution >= 4 is 15.9 Å². The second kappa shape index (κ2) is 5.09. The van der Waals surface area contributed by atoms with Gasteiger partial charge in [-0.15, -0.1) is 0 Å². The minimum absolute atomic E-state index is 0.00513. The highest BCUT2D eigenvalue weighted by molar-refractivity contribution is 7.89. The topological polar surface area (TPSA) is 116 Å². The van der Waals surface area contributed by atoms with Gasteiger partial charge in [0.1, 0.15) is 6.04 Å². The summed E-state index contributed by atoms with van der Waals surface area (Å²) in [4.78, 5) is 11.1. The molecule has 0 spiro atoms. The van der Waals surface area contributed by atoms with Gasteiger partial charge in [-0.2, -0.15) is 4.31 Å². The van der Waals surface area contributed by atoms with E-state index in [4.69, 9.17) is 16.2 Å². The summed E-state index contributed by atoms with van der Waals surface area (Å²) in [6.45, 7) is 1.92. The van der Waals surface area contributed by atoms with Crippen LogP contribution in [0, 0.1) is 0 Å². The molecule has 0 aromatic heterocycles. The second-order valence-corrected chi connectivity index (χ2v) is 6.00. The van der Waals surface area contributed by atoms with Crippen molar-refractivity contribution < 1.29 is 17.9 Å². The first-order valence-electron chi connectivity index (χ1n) is 4.99. The van der Waals surface area contributed by atoms with Crippen molar-refractivity contribution in [3.05, 3.63) is 0 Å². The van der Waals surface area contributed by atoms with E-state index >= 15 is 0 Å². The van der Waals surface area contributed by atoms with Crippen LogP contribution in [0.15, 0.2) is 0 Å². The van der Waals surface area contributed by atoms with Crippen LogP contribution in [0.2, 0.25) is 0 Å². The normalized spacial score (nSPS) is 25.2. The largest absolute Gasteiger partial charge is 0.378 e. The molecular formula is C8H17N3O4S. The van der Waals surface area contributed by atoms with Gasteiger partial charge in [-0.25, -0.2) is 8.42 Å². The van der Waals surface area contributed by atoms with Gasteiger partial charge in [-0.05, 0) is 6.92 Å². The van der Waals surface area contributed by atoms with Crippen molar-refractivity contribution in [2.75, 3.05) is 26.3 Å². The van der Waals surface area contributed by atoms with Crippen LogP contribution < -0.4 is 11.5 Å². The Morgan fingerprint density at radius 1 is 1.62 bits per heavy atom. The van der Waals surface area contributed by atoms with Crippen LogP contribution >= 0.6 is 0 Å². The molecule has 1 aliphatic heterocycles. The monoisotopic (exact) mass is 251 g/mol. The van der Waals surface area contributed by atoms with E-state index in [-0.39, 0.29) is 26.3 Å². The highest BCUT2D eigenvalue weighted by Crippen LogP contribution is 2.16. The molecule has 16 heavy (non-hydrogen) atoms. The van der Waals surface area contributed by atoms with Gasteiger partial charge in [-0.3, -0.25) is 4.79 Å². The third kappa shape index (κ3) is 2.51. The molecule has 0 radical (unpaired) electrons. The van der Waals surface area contributed by atoms with E-state index in [0.29, 0.717) is 0 Å². The number of primary amides is 1. The van der Waals surface area contributed by atoms with Gasteiger partial charge in [0.25, 0.3) is 0 Å². The summed E-state index contributed by atoms with van der Waals surface area (Å²) in [6, 6.07) is -0.923. The van der Waals surface area contributed by atoms with Crippen LogP contribution in [0.25, 0.3) is 0 Å². The molecule has 0 bridgehead atoms. The lowest BCUT2D eigenvalue weighted by molar-refractivity contribution is -0.125. The van der Waals surface area contributed by atoms with E-state index < -0.39 is 27.2 Å². The van der Waals surface area contributed by atoms with Crippen molar-refractivity contribution in [2.45, 2.75) is 18.2 Å². The molecule has 1 rings (SSSR count). The lowest BCUT2D eigenvalue weighted by Crippen LogP contribution is -2.57. The van der Waals surface area contributed by atoms with E-state index in [0.717, 1.165) is 4.31 Å². The molecule has 7 nitrogen and oxygen atoms in total. The predicted octanol–water partition coefficient (Wildman–Crippen LogP) is -2.15. The molecule has 1 amide bonds. The molecule has 1 fully saturated rings. The molecule has 2 atom stereocenters. The Labute approximate surface area is 94.8 Å². The van der Waals surface area contributed by atoms with E-state index in [2.05, 4.69) is 0 Å². The Morgan fingerprint density at radius 3 is 2.75 bits per heavy atom. The summed E-state index contributed by atoms with van der Waals surface area (Å²) in [7, 11) is -3.58. The number of carbonyl (C=O) groups excluding carboxylic acids is 1. The molecule has 4 N–H and O–H groups in total. The molecule has 1 aliphatic rings. The van der Waals surface area contributed by atoms with Crippen molar-refractivity contribution in [3.8, 4) is 0 Å². The maximum absolute atomic E-state index is 12.0. The summed E-state index contributed by atoms with van der Waals surface area (Å²) in [6.07, 6.45) is 0. The Balaban J connectivity index is 2.95. The molecule has 0 aromatic rings. The van der Waals surface area contributed by atoms with Crippen LogP contribution in [0.4, 0.5) is 0 Å². The zero-order chi connectivity index (χ0) is 12.3. The van der Waals surface area contributed by atoms with Crippen LogP contribution in [0.1, 0.15) is 6.92 Å². The Hall–Kier alpha value is -0.700. The Morgan fingerprint density at radius 2 is 2.25 bits per heavy atom. The van der Waals surface area contributed by atoms with Gasteiger partial charge >= 0.3 is 0 Å². The molecule has 0 saturated carbocycles. The molecule has 0 aromatic carbocycles. The summed E-state index contributed by atoms with van der Waals surface area (Å²) < 4.78 is 30.2. The highest BCUT2D eigenvalue weighted by atomic mass is 32.2. The van der Waals surface area contributed by atoms with Crippen molar-refractivity contribution in [3.63, 3.8) is 0 Å². The Kier molecular flexibility index (Phi) is 4.25. The van der Waals surface area contributed by atoms with E-state index in [9.17, 15) is 13.2 Å². The fourth-order valence-electron chi connectivity index (χ4n) is 1.47. The van der Waals surface area contributed by atoms with Crippen LogP contribution in [-0.2, 0) is 19.6 Å². The lowest BCUT2D eigenvalue weighted by Gasteiger charge is -2.34. The first kappa shape index (κ1) is 13.4. The van der Waals surface area contributed by atoms with Gasteiger partial charge < -0.3 is 16.2 Å². The van der Waals surface area contributed by atoms with Gasteiger partial charge in [0.2, 0.25) is 15.9 Å². The number of hydrogen-bond acceptors (Lipinski definition) is 5. The Bertz CT molecular complexity index is 356. The smallest absolute Gasteiger partial charge is 0.238 e. The molecule has 1 saturated heterocycles. The van der Waals surface area contributed by atoms with Gasteiger partial charge in [-0.1, -0.05) is 0 Å². The maximum atomic E-state index is 12.0. The van der Waals surface area contributed by atoms with E-state index in [1.54, 1.807) is 0 Å². The SMILES string of the molecule is CC(CN)S(=O)(=O)N1CCOCC1C(N)=O. The third-order valence-corrected chi connectivity index (χ3v) is 4.88. The minimum Gasteiger partial charge on any atom is -0.378 e. The maximum Gasteiger partial charge on any atom is 0.238 e. The van der Waals surface area contributed by atoms with Gasteiger partial charge in [0, 0.05) is 13.1 Å². The zero-order valence-corrected chi connectivity index (χ0v) is 9.94. The average molecular weight is 251 g/mol. The number of amides is 1. The van der Waals surface area contributed by atoms with Gasteiger partial charge in [0.15, 0.2) is 0 Å². The van der Waals surface area contributed by atoms with Crippen molar-refractivity contribution in [2.24, 2.45) is 11.5 Å². The van der Waals surface area contributed by atoms with Crippen molar-refractivity contribution in [1.29, 1.82) is 0 Å². The number of hydrogen-bond donors (Lipinski definition) is 2. The number of carbonyl (C=O) groups is 1. The average Bonchev–Trinajstić information content (AvgIpc) is 2.27. The van der Waals surface area contributed by atoms with E-state index in [1.807, 2.05) is 0 Å². The summed E-state index contributed by atoms with van der Waals surface area (Å²) in [5, 5.41) is -0.729. The standard InChI is InChI=1S/C8H17N3O4S/c1-6(4-9)16(13,14)11-2-3-15-5-7(11)8(10)12/h6-7H,2-5,9H2,1H3,(H2,10,12). The van der Waals surface area contributed by atoms with Crippen molar-refractivity contribution in [1.82, 2.24) is 4.31 Å². The highest BCUT2D eigenvalue weighted by Gasteiger charge is 2.38. The number of rotatable bonds is 4. The summed E-state index contributed by atoms with van der Waals surface area (Å²) in [5.41, 5.74) is 10.5. The number of sulfonamides is 1. The molecule has 0 aliphatic carbocycles. The molecule has 1 heterocycles. The van der Waals surface area contributed by atoms with Crippen LogP contribution in [0.3, 0.4) is 0 Å². The lowest BCUT2D eigenvalue weighted by atomic mass is 10.3. The molecule has 94 valence electrons. The van der Waals surface area contributed by atoms with Gasteiger partial charge in [0.05, 0.1) is 18.5 Å². The molecule has 8 heteroatoms. The first-order valence-corrected chi connectivity index (χ1v) is 6.49. The molecule has 2 unspecified atom stereocenters. The fourth-order valence-corrected chi connectivity index (χ4v) is 3.02. The number of ether oxygens (including phenoxy) is 1. The fraction of sp³-hybridized carbons (Fsp3) is 0.875. The predicted molar refractivity (Wildman–Crippen MR) is 57.9 cm³/mol. The van der Waals surface area contributed by atoms with Crippen LogP contribution in [0.5, 0.6) is 0 Å². The number of nitrogens with two attached hydrogens (primary N) is 2. The second-order valence-electron chi connectivity index (χ2n) is 3.70. The third-order valence-electron chi connectivity index (χ3n) is 2.58. The first-order chi connectivity index (χ1) is 7.41. The zero-order valence-electron chi connectivity index (χ0n) is 9.13. The quantitative estimate of drug-likeness (QED) is 0.591. The molecular weight excluding hydrogens is 234 g/mol. The number of morpholine rings is 1. The van der Waals surface area contributed by atoms with E-state index in [1.165, 1.54) is 6.92 Å².